The number of hydrogen-bond acceptors (Lipinski definition) is 4. The molecule has 3 aromatic rings. The van der Waals surface area contributed by atoms with E-state index in [0.717, 1.165) is 10.8 Å². The summed E-state index contributed by atoms with van der Waals surface area (Å²) in [6, 6.07) is 12.8. The third kappa shape index (κ3) is 3.33. The summed E-state index contributed by atoms with van der Waals surface area (Å²) < 4.78 is 29.0. The van der Waals surface area contributed by atoms with Crippen LogP contribution in [0.25, 0.3) is 10.8 Å². The fourth-order valence-corrected chi connectivity index (χ4v) is 4.78. The molecule has 0 unspecified atom stereocenters. The van der Waals surface area contributed by atoms with Gasteiger partial charge >= 0.3 is 0 Å². The lowest BCUT2D eigenvalue weighted by Gasteiger charge is -2.33. The van der Waals surface area contributed by atoms with Crippen molar-refractivity contribution < 1.29 is 13.2 Å². The third-order valence-corrected chi connectivity index (χ3v) is 6.73. The molecular weight excluding hydrogens is 364 g/mol. The summed E-state index contributed by atoms with van der Waals surface area (Å²) in [4.78, 5) is 14.4. The maximum Gasteiger partial charge on any atom is 0.257 e. The van der Waals surface area contributed by atoms with Gasteiger partial charge in [0.1, 0.15) is 0 Å². The summed E-state index contributed by atoms with van der Waals surface area (Å²) in [5.74, 6) is -0.120. The lowest BCUT2D eigenvalue weighted by molar-refractivity contribution is 0.0698. The van der Waals surface area contributed by atoms with Gasteiger partial charge in [0.05, 0.1) is 16.7 Å². The normalized spacial score (nSPS) is 16.0. The molecule has 2 aromatic carbocycles. The first kappa shape index (κ1) is 17.7. The topological polar surface area (TPSA) is 75.5 Å². The van der Waals surface area contributed by atoms with Crippen molar-refractivity contribution in [1.82, 2.24) is 19.0 Å². The number of carbonyl (C=O) groups excluding carboxylic acids is 1. The van der Waals surface area contributed by atoms with Gasteiger partial charge in [-0.15, -0.1) is 0 Å². The molecule has 1 aliphatic heterocycles. The van der Waals surface area contributed by atoms with Gasteiger partial charge in [-0.1, -0.05) is 30.3 Å². The van der Waals surface area contributed by atoms with E-state index in [0.29, 0.717) is 18.7 Å². The monoisotopic (exact) mass is 384 g/mol. The van der Waals surface area contributed by atoms with Crippen molar-refractivity contribution in [3.05, 3.63) is 60.4 Å². The highest BCUT2D eigenvalue weighted by molar-refractivity contribution is 7.89. The van der Waals surface area contributed by atoms with E-state index in [1.165, 1.54) is 10.5 Å². The van der Waals surface area contributed by atoms with Crippen LogP contribution in [0.4, 0.5) is 0 Å². The van der Waals surface area contributed by atoms with Crippen molar-refractivity contribution in [1.29, 1.82) is 0 Å². The van der Waals surface area contributed by atoms with E-state index in [2.05, 4.69) is 5.10 Å². The second-order valence-corrected chi connectivity index (χ2v) is 8.55. The van der Waals surface area contributed by atoms with Crippen LogP contribution in [0.15, 0.2) is 59.8 Å². The van der Waals surface area contributed by atoms with Gasteiger partial charge in [0, 0.05) is 39.4 Å². The van der Waals surface area contributed by atoms with Crippen LogP contribution in [0.2, 0.25) is 0 Å². The molecule has 140 valence electrons. The van der Waals surface area contributed by atoms with Gasteiger partial charge in [-0.3, -0.25) is 9.48 Å². The smallest absolute Gasteiger partial charge is 0.257 e. The number of piperazine rings is 1. The molecule has 0 bridgehead atoms. The van der Waals surface area contributed by atoms with Crippen molar-refractivity contribution in [3.8, 4) is 0 Å². The lowest BCUT2D eigenvalue weighted by atomic mass is 10.1. The molecule has 8 heteroatoms. The molecule has 1 aliphatic rings. The van der Waals surface area contributed by atoms with Crippen molar-refractivity contribution in [2.24, 2.45) is 7.05 Å². The Kier molecular flexibility index (Phi) is 4.45. The van der Waals surface area contributed by atoms with Crippen molar-refractivity contribution in [2.45, 2.75) is 4.90 Å². The van der Waals surface area contributed by atoms with Gasteiger partial charge in [0.25, 0.3) is 5.91 Å². The van der Waals surface area contributed by atoms with Gasteiger partial charge in [0.2, 0.25) is 10.0 Å². The number of aryl methyl sites for hydroxylation is 1. The molecule has 1 saturated heterocycles. The van der Waals surface area contributed by atoms with Gasteiger partial charge < -0.3 is 4.90 Å². The van der Waals surface area contributed by atoms with Crippen molar-refractivity contribution in [2.75, 3.05) is 26.2 Å². The molecule has 0 N–H and O–H groups in total. The molecule has 0 atom stereocenters. The highest BCUT2D eigenvalue weighted by Gasteiger charge is 2.30. The fourth-order valence-electron chi connectivity index (χ4n) is 3.32. The molecule has 1 amide bonds. The Balaban J connectivity index is 1.50. The van der Waals surface area contributed by atoms with E-state index in [1.807, 2.05) is 30.3 Å². The second kappa shape index (κ2) is 6.79. The van der Waals surface area contributed by atoms with Gasteiger partial charge in [0.15, 0.2) is 0 Å². The highest BCUT2D eigenvalue weighted by atomic mass is 32.2. The number of nitrogens with zero attached hydrogens (tertiary/aromatic N) is 4. The lowest BCUT2D eigenvalue weighted by Crippen LogP contribution is -2.50. The van der Waals surface area contributed by atoms with Crippen LogP contribution in [0.5, 0.6) is 0 Å². The van der Waals surface area contributed by atoms with Crippen LogP contribution in [0, 0.1) is 0 Å². The number of aromatic nitrogens is 2. The number of carbonyl (C=O) groups is 1. The van der Waals surface area contributed by atoms with Crippen LogP contribution < -0.4 is 0 Å². The predicted octanol–water partition coefficient (Wildman–Crippen LogP) is 1.72. The first-order valence-corrected chi connectivity index (χ1v) is 10.2. The number of benzene rings is 2. The van der Waals surface area contributed by atoms with Crippen molar-refractivity contribution in [3.63, 3.8) is 0 Å². The Bertz CT molecular complexity index is 1100. The molecule has 0 saturated carbocycles. The summed E-state index contributed by atoms with van der Waals surface area (Å²) in [6.07, 6.45) is 3.20. The van der Waals surface area contributed by atoms with Crippen LogP contribution in [-0.2, 0) is 17.1 Å². The Labute approximate surface area is 157 Å². The molecule has 2 heterocycles. The molecule has 0 aliphatic carbocycles. The number of fused-ring (bicyclic) bond motifs is 1. The van der Waals surface area contributed by atoms with Crippen molar-refractivity contribution >= 4 is 26.7 Å². The first-order valence-electron chi connectivity index (χ1n) is 8.72. The number of amides is 1. The molecular formula is C19H20N4O3S. The third-order valence-electron chi connectivity index (χ3n) is 4.84. The summed E-state index contributed by atoms with van der Waals surface area (Å²) in [7, 11) is -1.83. The Morgan fingerprint density at radius 1 is 1.00 bits per heavy atom. The highest BCUT2D eigenvalue weighted by Crippen LogP contribution is 2.23. The quantitative estimate of drug-likeness (QED) is 0.689. The molecule has 27 heavy (non-hydrogen) atoms. The predicted molar refractivity (Wildman–Crippen MR) is 102 cm³/mol. The zero-order valence-corrected chi connectivity index (χ0v) is 15.8. The Morgan fingerprint density at radius 2 is 1.70 bits per heavy atom. The summed E-state index contributed by atoms with van der Waals surface area (Å²) in [5, 5.41) is 5.91. The van der Waals surface area contributed by atoms with E-state index in [4.69, 9.17) is 0 Å². The fraction of sp³-hybridized carbons (Fsp3) is 0.263. The molecule has 4 rings (SSSR count). The maximum atomic E-state index is 13.0. The number of rotatable bonds is 3. The minimum Gasteiger partial charge on any atom is -0.336 e. The zero-order valence-electron chi connectivity index (χ0n) is 14.9. The van der Waals surface area contributed by atoms with Crippen LogP contribution in [-0.4, -0.2) is 59.5 Å². The molecule has 1 fully saturated rings. The van der Waals surface area contributed by atoms with E-state index >= 15 is 0 Å². The zero-order chi connectivity index (χ0) is 19.0. The second-order valence-electron chi connectivity index (χ2n) is 6.61. The standard InChI is InChI=1S/C19H20N4O3S/c1-21-14-17(13-20-21)19(24)22-8-10-23(11-9-22)27(25,26)18-7-6-15-4-2-3-5-16(15)12-18/h2-7,12-14H,8-11H2,1H3. The van der Waals surface area contributed by atoms with E-state index in [-0.39, 0.29) is 23.9 Å². The van der Waals surface area contributed by atoms with E-state index in [9.17, 15) is 13.2 Å². The summed E-state index contributed by atoms with van der Waals surface area (Å²) in [5.41, 5.74) is 0.517. The van der Waals surface area contributed by atoms with E-state index < -0.39 is 10.0 Å². The van der Waals surface area contributed by atoms with Crippen LogP contribution >= 0.6 is 0 Å². The summed E-state index contributed by atoms with van der Waals surface area (Å²) >= 11 is 0. The average Bonchev–Trinajstić information content (AvgIpc) is 3.13. The van der Waals surface area contributed by atoms with Gasteiger partial charge in [-0.2, -0.15) is 9.40 Å². The van der Waals surface area contributed by atoms with E-state index in [1.54, 1.807) is 35.0 Å². The van der Waals surface area contributed by atoms with Gasteiger partial charge in [-0.05, 0) is 22.9 Å². The average molecular weight is 384 g/mol. The SMILES string of the molecule is Cn1cc(C(=O)N2CCN(S(=O)(=O)c3ccc4ccccc4c3)CC2)cn1. The first-order chi connectivity index (χ1) is 12.9. The summed E-state index contributed by atoms with van der Waals surface area (Å²) in [6.45, 7) is 1.28. The molecule has 0 spiro atoms. The maximum absolute atomic E-state index is 13.0. The minimum atomic E-state index is -3.58. The Hall–Kier alpha value is -2.71. The van der Waals surface area contributed by atoms with Gasteiger partial charge in [-0.25, -0.2) is 8.42 Å². The van der Waals surface area contributed by atoms with Crippen LogP contribution in [0.1, 0.15) is 10.4 Å². The molecule has 7 nitrogen and oxygen atoms in total. The van der Waals surface area contributed by atoms with Crippen LogP contribution in [0.3, 0.4) is 0 Å². The number of sulfonamides is 1. The minimum absolute atomic E-state index is 0.120. The number of hydrogen-bond donors (Lipinski definition) is 0. The molecule has 0 radical (unpaired) electrons. The molecule has 1 aromatic heterocycles. The Morgan fingerprint density at radius 3 is 2.37 bits per heavy atom. The largest absolute Gasteiger partial charge is 0.336 e.